The Kier molecular flexibility index (Phi) is 9.28. The molecule has 5 rings (SSSR count). The van der Waals surface area contributed by atoms with E-state index in [1.54, 1.807) is 20.4 Å². The van der Waals surface area contributed by atoms with Gasteiger partial charge in [-0.05, 0) is 31.5 Å². The minimum Gasteiger partial charge on any atom is -0.496 e. The highest BCUT2D eigenvalue weighted by Gasteiger charge is 2.21. The van der Waals surface area contributed by atoms with Gasteiger partial charge in [0.05, 0.1) is 35.7 Å². The molecule has 1 aliphatic rings. The molecule has 2 aromatic carbocycles. The highest BCUT2D eigenvalue weighted by Crippen LogP contribution is 2.42. The fraction of sp³-hybridized carbons (Fsp3) is 0.281. The van der Waals surface area contributed by atoms with Crippen LogP contribution in [0.3, 0.4) is 0 Å². The van der Waals surface area contributed by atoms with Gasteiger partial charge < -0.3 is 25.8 Å². The van der Waals surface area contributed by atoms with Crippen molar-refractivity contribution in [2.75, 3.05) is 20.8 Å². The van der Waals surface area contributed by atoms with Gasteiger partial charge in [0.15, 0.2) is 0 Å². The maximum Gasteiger partial charge on any atom is 0.220 e. The molecule has 1 unspecified atom stereocenters. The van der Waals surface area contributed by atoms with Gasteiger partial charge in [-0.2, -0.15) is 0 Å². The summed E-state index contributed by atoms with van der Waals surface area (Å²) in [6.45, 7) is 3.15. The second kappa shape index (κ2) is 13.1. The van der Waals surface area contributed by atoms with Crippen LogP contribution in [0.4, 0.5) is 0 Å². The molecule has 0 saturated carbocycles. The normalized spacial score (nSPS) is 15.4. The maximum absolute atomic E-state index is 11.5. The van der Waals surface area contributed by atoms with Crippen LogP contribution in [0.2, 0.25) is 10.0 Å². The van der Waals surface area contributed by atoms with Crippen molar-refractivity contribution in [1.29, 1.82) is 0 Å². The molecule has 0 radical (unpaired) electrons. The number of nitrogens with one attached hydrogen (secondary N) is 2. The molecule has 1 fully saturated rings. The first kappa shape index (κ1) is 29.8. The minimum absolute atomic E-state index is 0.102. The molecular weight excluding hydrogens is 573 g/mol. The van der Waals surface area contributed by atoms with Crippen molar-refractivity contribution in [2.45, 2.75) is 38.4 Å². The van der Waals surface area contributed by atoms with Gasteiger partial charge in [-0.15, -0.1) is 0 Å². The van der Waals surface area contributed by atoms with Crippen LogP contribution in [-0.2, 0) is 11.3 Å². The van der Waals surface area contributed by atoms with E-state index in [4.69, 9.17) is 43.4 Å². The first-order valence-electron chi connectivity index (χ1n) is 13.7. The van der Waals surface area contributed by atoms with Crippen LogP contribution in [0.25, 0.3) is 33.6 Å². The van der Waals surface area contributed by atoms with Gasteiger partial charge in [0, 0.05) is 71.2 Å². The summed E-state index contributed by atoms with van der Waals surface area (Å²) in [5.74, 6) is 1.28. The summed E-state index contributed by atoms with van der Waals surface area (Å²) >= 11 is 14.0. The predicted molar refractivity (Wildman–Crippen MR) is 167 cm³/mol. The van der Waals surface area contributed by atoms with Gasteiger partial charge in [-0.1, -0.05) is 59.6 Å². The maximum atomic E-state index is 11.5. The molecule has 0 spiro atoms. The predicted octanol–water partition coefficient (Wildman–Crippen LogP) is 6.19. The Morgan fingerprint density at radius 1 is 1.05 bits per heavy atom. The standard InChI is InChI=1S/C32H33Cl2N5O3/c1-18(35)22-10-7-19(15-27(22)41-2)31-30(34)24(13-14-37-31)23-5-4-6-25(29(23)33)26-11-8-20(32(39-26)42-3)16-36-17-21-9-12-28(40)38-21/h4-8,10-11,13-15,18,21,36H,9,12,16-17,35H2,1-3H3,(H,38,40)/t18?,21-/m0/s1. The number of hydrogen-bond acceptors (Lipinski definition) is 7. The summed E-state index contributed by atoms with van der Waals surface area (Å²) in [5.41, 5.74) is 12.2. The Balaban J connectivity index is 1.43. The van der Waals surface area contributed by atoms with Crippen LogP contribution >= 0.6 is 23.2 Å². The van der Waals surface area contributed by atoms with E-state index >= 15 is 0 Å². The summed E-state index contributed by atoms with van der Waals surface area (Å²) < 4.78 is 11.2. The lowest BCUT2D eigenvalue weighted by Gasteiger charge is -2.16. The molecule has 2 aromatic heterocycles. The van der Waals surface area contributed by atoms with Gasteiger partial charge in [-0.3, -0.25) is 9.78 Å². The molecule has 0 aliphatic carbocycles. The number of carbonyl (C=O) groups is 1. The smallest absolute Gasteiger partial charge is 0.220 e. The monoisotopic (exact) mass is 605 g/mol. The van der Waals surface area contributed by atoms with E-state index in [0.717, 1.165) is 39.8 Å². The molecule has 4 N–H and O–H groups in total. The zero-order chi connectivity index (χ0) is 29.8. The molecule has 4 aromatic rings. The summed E-state index contributed by atoms with van der Waals surface area (Å²) in [7, 11) is 3.21. The average Bonchev–Trinajstić information content (AvgIpc) is 3.42. The van der Waals surface area contributed by atoms with Crippen molar-refractivity contribution in [3.8, 4) is 45.3 Å². The Bertz CT molecular complexity index is 1610. The molecular formula is C32H33Cl2N5O3. The summed E-state index contributed by atoms with van der Waals surface area (Å²) in [6.07, 6.45) is 3.13. The molecule has 42 heavy (non-hydrogen) atoms. The third-order valence-corrected chi connectivity index (χ3v) is 8.16. The Morgan fingerprint density at radius 2 is 1.83 bits per heavy atom. The zero-order valence-corrected chi connectivity index (χ0v) is 25.2. The summed E-state index contributed by atoms with van der Waals surface area (Å²) in [5, 5.41) is 7.33. The van der Waals surface area contributed by atoms with Gasteiger partial charge in [0.25, 0.3) is 0 Å². The molecule has 1 saturated heterocycles. The number of halogens is 2. The van der Waals surface area contributed by atoms with Crippen molar-refractivity contribution in [1.82, 2.24) is 20.6 Å². The van der Waals surface area contributed by atoms with E-state index in [9.17, 15) is 4.79 Å². The number of benzene rings is 2. The average molecular weight is 607 g/mol. The molecule has 1 aliphatic heterocycles. The number of nitrogens with zero attached hydrogens (tertiary/aromatic N) is 2. The fourth-order valence-electron chi connectivity index (χ4n) is 5.17. The molecule has 1 amide bonds. The third kappa shape index (κ3) is 6.22. The minimum atomic E-state index is -0.177. The van der Waals surface area contributed by atoms with Crippen LogP contribution in [0, 0.1) is 0 Å². The van der Waals surface area contributed by atoms with Crippen molar-refractivity contribution in [3.05, 3.63) is 82.0 Å². The number of rotatable bonds is 10. The number of ether oxygens (including phenoxy) is 2. The Labute approximate surface area is 255 Å². The van der Waals surface area contributed by atoms with Crippen molar-refractivity contribution < 1.29 is 14.3 Å². The number of pyridine rings is 2. The largest absolute Gasteiger partial charge is 0.496 e. The molecule has 2 atom stereocenters. The molecule has 8 nitrogen and oxygen atoms in total. The molecule has 3 heterocycles. The zero-order valence-electron chi connectivity index (χ0n) is 23.7. The molecule has 0 bridgehead atoms. The van der Waals surface area contributed by atoms with Crippen molar-refractivity contribution in [3.63, 3.8) is 0 Å². The van der Waals surface area contributed by atoms with Gasteiger partial charge in [0.1, 0.15) is 5.75 Å². The lowest BCUT2D eigenvalue weighted by molar-refractivity contribution is -0.119. The van der Waals surface area contributed by atoms with E-state index in [1.807, 2.05) is 61.5 Å². The van der Waals surface area contributed by atoms with Crippen LogP contribution < -0.4 is 25.8 Å². The van der Waals surface area contributed by atoms with Crippen molar-refractivity contribution >= 4 is 29.1 Å². The van der Waals surface area contributed by atoms with Gasteiger partial charge >= 0.3 is 0 Å². The number of amides is 1. The number of carbonyl (C=O) groups excluding carboxylic acids is 1. The number of hydrogen-bond donors (Lipinski definition) is 3. The van der Waals surface area contributed by atoms with E-state index in [2.05, 4.69) is 15.6 Å². The third-order valence-electron chi connectivity index (χ3n) is 7.38. The first-order valence-corrected chi connectivity index (χ1v) is 14.5. The van der Waals surface area contributed by atoms with E-state index in [1.165, 1.54) is 0 Å². The lowest BCUT2D eigenvalue weighted by Crippen LogP contribution is -2.35. The highest BCUT2D eigenvalue weighted by atomic mass is 35.5. The lowest BCUT2D eigenvalue weighted by atomic mass is 9.98. The highest BCUT2D eigenvalue weighted by molar-refractivity contribution is 6.39. The van der Waals surface area contributed by atoms with Gasteiger partial charge in [-0.25, -0.2) is 4.98 Å². The molecule has 10 heteroatoms. The summed E-state index contributed by atoms with van der Waals surface area (Å²) in [6, 6.07) is 17.2. The number of aromatic nitrogens is 2. The van der Waals surface area contributed by atoms with E-state index in [0.29, 0.717) is 52.6 Å². The van der Waals surface area contributed by atoms with Crippen LogP contribution in [0.15, 0.2) is 60.8 Å². The van der Waals surface area contributed by atoms with Crippen LogP contribution in [-0.4, -0.2) is 42.7 Å². The second-order valence-corrected chi connectivity index (χ2v) is 11.0. The Hall–Kier alpha value is -3.69. The quantitative estimate of drug-likeness (QED) is 0.197. The summed E-state index contributed by atoms with van der Waals surface area (Å²) in [4.78, 5) is 20.8. The van der Waals surface area contributed by atoms with E-state index in [-0.39, 0.29) is 18.0 Å². The van der Waals surface area contributed by atoms with Gasteiger partial charge in [0.2, 0.25) is 11.8 Å². The first-order chi connectivity index (χ1) is 20.3. The Morgan fingerprint density at radius 3 is 2.55 bits per heavy atom. The van der Waals surface area contributed by atoms with Crippen LogP contribution in [0.5, 0.6) is 11.6 Å². The van der Waals surface area contributed by atoms with E-state index < -0.39 is 0 Å². The second-order valence-electron chi connectivity index (χ2n) is 10.2. The number of nitrogens with two attached hydrogens (primary N) is 1. The van der Waals surface area contributed by atoms with Crippen molar-refractivity contribution in [2.24, 2.45) is 5.73 Å². The molecule has 218 valence electrons. The topological polar surface area (TPSA) is 111 Å². The fourth-order valence-corrected chi connectivity index (χ4v) is 5.81. The van der Waals surface area contributed by atoms with Crippen LogP contribution in [0.1, 0.15) is 36.9 Å². The number of methoxy groups -OCH3 is 2. The SMILES string of the molecule is COc1cc(-c2nccc(-c3cccc(-c4ccc(CNC[C@@H]5CCC(=O)N5)c(OC)n4)c3Cl)c2Cl)ccc1C(C)N.